The van der Waals surface area contributed by atoms with Gasteiger partial charge < -0.3 is 0 Å². The SMILES string of the molecule is CC(C)C1CCC2(CC1)CCC(C)(C)C2.CC(C)C1CCC2(CC1)CCC(C)(C)CC2.CC(C)C1CCC2(CCCC(C)(C)C2)CC1.CC(C)C1CCCC2(CCC(C)(C)CC2)C1.CC(C)C1CCCC2(CCCC(C)(C)C2)C1.CC(C)C1CCCC2(CCCC2(C)C)C1. The lowest BCUT2D eigenvalue weighted by Crippen LogP contribution is -2.38. The molecule has 0 aromatic heterocycles. The van der Waals surface area contributed by atoms with Crippen LogP contribution >= 0.6 is 0 Å². The van der Waals surface area contributed by atoms with Gasteiger partial charge in [0, 0.05) is 0 Å². The van der Waals surface area contributed by atoms with Crippen molar-refractivity contribution in [3.05, 3.63) is 0 Å². The molecule has 12 rings (SSSR count). The molecule has 12 saturated carbocycles. The summed E-state index contributed by atoms with van der Waals surface area (Å²) < 4.78 is 0. The van der Waals surface area contributed by atoms with E-state index in [-0.39, 0.29) is 0 Å². The Morgan fingerprint density at radius 2 is 0.457 bits per heavy atom. The van der Waals surface area contributed by atoms with Gasteiger partial charge in [-0.15, -0.1) is 0 Å². The topological polar surface area (TPSA) is 0 Å². The molecule has 94 heavy (non-hydrogen) atoms. The zero-order chi connectivity index (χ0) is 69.5. The molecule has 0 aliphatic heterocycles. The third-order valence-electron chi connectivity index (χ3n) is 33.0. The van der Waals surface area contributed by atoms with E-state index in [1.54, 1.807) is 6.42 Å². The average Bonchev–Trinajstić information content (AvgIpc) is 1.53. The molecule has 0 saturated heterocycles. The van der Waals surface area contributed by atoms with Gasteiger partial charge >= 0.3 is 0 Å². The van der Waals surface area contributed by atoms with Crippen molar-refractivity contribution in [1.82, 2.24) is 0 Å². The van der Waals surface area contributed by atoms with Crippen LogP contribution in [0.5, 0.6) is 0 Å². The van der Waals surface area contributed by atoms with Gasteiger partial charge in [-0.3, -0.25) is 0 Å². The van der Waals surface area contributed by atoms with Crippen molar-refractivity contribution in [3.63, 3.8) is 0 Å². The normalized spacial score (nSPS) is 33.7. The standard InChI is InChI=1S/4C16H30.2C15H28/c1-13(2)14-6-10-16(11-7-14)9-5-8-15(3,4)12-16;1-13(2)14-5-7-16(8-6-14)11-9-15(3,4)10-12-16;1-13(2)14-7-5-9-16(11-14)10-6-8-15(3,4)12-16;1-13(2)14-6-5-7-16(12-14)10-8-15(3,4)9-11-16;1-12(2)13-5-7-15(8-6-13)10-9-14(3,4)11-15;1-12(2)13-7-5-9-15(11-13)10-6-8-14(15,3)4/h4*13-14H,5-12H2,1-4H3;2*12-13H,5-11H2,1-4H3. The van der Waals surface area contributed by atoms with E-state index in [0.717, 1.165) is 104 Å². The van der Waals surface area contributed by atoms with Gasteiger partial charge in [-0.1, -0.05) is 224 Å². The Hall–Kier alpha value is 0. The van der Waals surface area contributed by atoms with E-state index in [1.807, 2.05) is 0 Å². The average molecular weight is 1310 g/mol. The molecule has 0 aromatic carbocycles. The third kappa shape index (κ3) is 23.0. The molecule has 12 aliphatic carbocycles. The fourth-order valence-electron chi connectivity index (χ4n) is 25.4. The minimum Gasteiger partial charge on any atom is -0.0625 e. The number of hydrogen-bond acceptors (Lipinski definition) is 0. The van der Waals surface area contributed by atoms with Gasteiger partial charge in [0.2, 0.25) is 0 Å². The highest BCUT2D eigenvalue weighted by Crippen LogP contribution is 2.63. The van der Waals surface area contributed by atoms with Crippen molar-refractivity contribution in [2.45, 2.75) is 462 Å². The van der Waals surface area contributed by atoms with Gasteiger partial charge in [-0.05, 0) is 374 Å². The minimum absolute atomic E-state index is 0.622. The maximum atomic E-state index is 2.53. The summed E-state index contributed by atoms with van der Waals surface area (Å²) in [6.45, 7) is 58.8. The molecule has 12 fully saturated rings. The summed E-state index contributed by atoms with van der Waals surface area (Å²) in [5.41, 5.74) is 8.34. The third-order valence-corrected chi connectivity index (χ3v) is 33.0. The Kier molecular flexibility index (Phi) is 28.7. The van der Waals surface area contributed by atoms with Crippen LogP contribution in [0.1, 0.15) is 462 Å². The lowest BCUT2D eigenvalue weighted by molar-refractivity contribution is 0.0156. The minimum atomic E-state index is 0.622. The molecule has 12 aliphatic rings. The van der Waals surface area contributed by atoms with Crippen LogP contribution < -0.4 is 0 Å². The Morgan fingerprint density at radius 3 is 0.819 bits per heavy atom. The van der Waals surface area contributed by atoms with E-state index < -0.39 is 0 Å². The summed E-state index contributed by atoms with van der Waals surface area (Å²) in [7, 11) is 0. The van der Waals surface area contributed by atoms with E-state index in [9.17, 15) is 0 Å². The smallest absolute Gasteiger partial charge is 0.0243 e. The summed E-state index contributed by atoms with van der Waals surface area (Å²) in [5, 5.41) is 0. The van der Waals surface area contributed by atoms with Crippen molar-refractivity contribution >= 4 is 0 Å². The number of rotatable bonds is 6. The number of hydrogen-bond donors (Lipinski definition) is 0. The predicted molar refractivity (Wildman–Crippen MR) is 420 cm³/mol. The highest BCUT2D eigenvalue weighted by atomic mass is 14.6. The van der Waals surface area contributed by atoms with Crippen LogP contribution in [0, 0.1) is 136 Å². The van der Waals surface area contributed by atoms with Gasteiger partial charge in [0.05, 0.1) is 0 Å². The zero-order valence-corrected chi connectivity index (χ0v) is 69.5. The summed E-state index contributed by atoms with van der Waals surface area (Å²) in [6, 6.07) is 0. The first kappa shape index (κ1) is 81.3. The van der Waals surface area contributed by atoms with E-state index >= 15 is 0 Å². The molecular weight excluding hydrogens is 1130 g/mol. The van der Waals surface area contributed by atoms with Crippen molar-refractivity contribution in [1.29, 1.82) is 0 Å². The van der Waals surface area contributed by atoms with Crippen LogP contribution in [0.3, 0.4) is 0 Å². The molecule has 6 spiro atoms. The fraction of sp³-hybridized carbons (Fsp3) is 1.00. The molecule has 0 nitrogen and oxygen atoms in total. The van der Waals surface area contributed by atoms with Crippen LogP contribution in [-0.2, 0) is 0 Å². The maximum absolute atomic E-state index is 2.53. The van der Waals surface area contributed by atoms with Gasteiger partial charge in [0.25, 0.3) is 0 Å². The second-order valence-electron chi connectivity index (χ2n) is 45.6. The molecule has 0 radical (unpaired) electrons. The molecule has 0 heteroatoms. The van der Waals surface area contributed by atoms with Gasteiger partial charge in [0.1, 0.15) is 0 Å². The van der Waals surface area contributed by atoms with Crippen LogP contribution in [0.4, 0.5) is 0 Å². The predicted octanol–water partition coefficient (Wildman–Crippen LogP) is 31.7. The first-order chi connectivity index (χ1) is 43.6. The van der Waals surface area contributed by atoms with Crippen molar-refractivity contribution < 1.29 is 0 Å². The van der Waals surface area contributed by atoms with E-state index in [2.05, 4.69) is 166 Å². The fourth-order valence-corrected chi connectivity index (χ4v) is 25.4. The van der Waals surface area contributed by atoms with Crippen molar-refractivity contribution in [3.8, 4) is 0 Å². The highest BCUT2D eigenvalue weighted by molar-refractivity contribution is 5.03. The van der Waals surface area contributed by atoms with Crippen molar-refractivity contribution in [2.24, 2.45) is 136 Å². The van der Waals surface area contributed by atoms with Crippen LogP contribution in [0.2, 0.25) is 0 Å². The molecule has 0 heterocycles. The van der Waals surface area contributed by atoms with Gasteiger partial charge in [-0.2, -0.15) is 0 Å². The van der Waals surface area contributed by atoms with Crippen LogP contribution in [0.25, 0.3) is 0 Å². The summed E-state index contributed by atoms with van der Waals surface area (Å²) in [4.78, 5) is 0. The van der Waals surface area contributed by atoms with Crippen LogP contribution in [-0.4, -0.2) is 0 Å². The summed E-state index contributed by atoms with van der Waals surface area (Å²) >= 11 is 0. The van der Waals surface area contributed by atoms with E-state index in [1.165, 1.54) is 289 Å². The maximum Gasteiger partial charge on any atom is -0.0243 e. The second-order valence-corrected chi connectivity index (χ2v) is 45.6. The quantitative estimate of drug-likeness (QED) is 0.249. The molecule has 5 unspecified atom stereocenters. The second kappa shape index (κ2) is 33.2. The van der Waals surface area contributed by atoms with Crippen LogP contribution in [0.15, 0.2) is 0 Å². The monoisotopic (exact) mass is 1310 g/mol. The molecule has 0 amide bonds. The van der Waals surface area contributed by atoms with Gasteiger partial charge in [-0.25, -0.2) is 0 Å². The van der Waals surface area contributed by atoms with Gasteiger partial charge in [0.15, 0.2) is 0 Å². The van der Waals surface area contributed by atoms with E-state index in [0.29, 0.717) is 32.5 Å². The lowest BCUT2D eigenvalue weighted by Gasteiger charge is -2.50. The zero-order valence-electron chi connectivity index (χ0n) is 69.5. The Morgan fingerprint density at radius 1 is 0.191 bits per heavy atom. The molecule has 552 valence electrons. The Bertz CT molecular complexity index is 2140. The Labute approximate surface area is 594 Å². The molecule has 0 bridgehead atoms. The summed E-state index contributed by atoms with van der Waals surface area (Å²) in [5.74, 6) is 11.6. The highest BCUT2D eigenvalue weighted by Gasteiger charge is 2.52. The largest absolute Gasteiger partial charge is 0.0625 e. The molecule has 0 N–H and O–H groups in total. The molecular formula is C94H176. The van der Waals surface area contributed by atoms with E-state index in [4.69, 9.17) is 0 Å². The first-order valence-corrected chi connectivity index (χ1v) is 43.6. The molecule has 5 atom stereocenters. The summed E-state index contributed by atoms with van der Waals surface area (Å²) in [6.07, 6.45) is 69.3. The molecule has 0 aromatic rings. The van der Waals surface area contributed by atoms with Crippen molar-refractivity contribution in [2.75, 3.05) is 0 Å². The lowest BCUT2D eigenvalue weighted by atomic mass is 9.55. The first-order valence-electron chi connectivity index (χ1n) is 43.6. The Balaban J connectivity index is 0.000000160.